The molecular weight excluding hydrogens is 316 g/mol. The number of phenolic OH excluding ortho intramolecular Hbond substituents is 1. The lowest BCUT2D eigenvalue weighted by Gasteiger charge is -2.32. The number of hydrogen-bond acceptors (Lipinski definition) is 4. The highest BCUT2D eigenvalue weighted by Crippen LogP contribution is 2.39. The Morgan fingerprint density at radius 2 is 2.16 bits per heavy atom. The molecule has 1 saturated carbocycles. The number of rotatable bonds is 6. The minimum atomic E-state index is -0.0365. The summed E-state index contributed by atoms with van der Waals surface area (Å²) in [6.45, 7) is 4.88. The summed E-state index contributed by atoms with van der Waals surface area (Å²) in [5.74, 6) is 1.21. The molecule has 1 heterocycles. The molecule has 1 N–H and O–H groups in total. The molecule has 0 aliphatic heterocycles. The van der Waals surface area contributed by atoms with E-state index < -0.39 is 0 Å². The van der Waals surface area contributed by atoms with Crippen LogP contribution in [0.3, 0.4) is 0 Å². The van der Waals surface area contributed by atoms with E-state index in [0.717, 1.165) is 12.8 Å². The maximum absolute atomic E-state index is 11.2. The van der Waals surface area contributed by atoms with Crippen LogP contribution in [0.25, 0.3) is 0 Å². The molecule has 134 valence electrons. The predicted molar refractivity (Wildman–Crippen MR) is 96.3 cm³/mol. The first kappa shape index (κ1) is 17.5. The zero-order chi connectivity index (χ0) is 17.8. The van der Waals surface area contributed by atoms with Crippen LogP contribution < -0.4 is 4.74 Å². The van der Waals surface area contributed by atoms with Gasteiger partial charge in [0, 0.05) is 29.8 Å². The molecular formula is C20H26N2O3. The van der Waals surface area contributed by atoms with Crippen LogP contribution in [0.15, 0.2) is 30.7 Å². The van der Waals surface area contributed by atoms with Crippen molar-refractivity contribution in [2.45, 2.75) is 51.5 Å². The average molecular weight is 342 g/mol. The molecule has 5 nitrogen and oxygen atoms in total. The lowest BCUT2D eigenvalue weighted by Crippen LogP contribution is -2.26. The first-order valence-electron chi connectivity index (χ1n) is 9.03. The number of hydrogen-bond donors (Lipinski definition) is 1. The van der Waals surface area contributed by atoms with Gasteiger partial charge in [-0.25, -0.2) is 4.98 Å². The highest BCUT2D eigenvalue weighted by molar-refractivity contribution is 5.83. The summed E-state index contributed by atoms with van der Waals surface area (Å²) < 4.78 is 8.20. The first-order valence-corrected chi connectivity index (χ1v) is 9.03. The Hall–Kier alpha value is -2.30. The van der Waals surface area contributed by atoms with E-state index in [1.54, 1.807) is 12.1 Å². The molecule has 0 bridgehead atoms. The van der Waals surface area contributed by atoms with E-state index in [9.17, 15) is 9.90 Å². The fourth-order valence-corrected chi connectivity index (χ4v) is 3.80. The van der Waals surface area contributed by atoms with E-state index in [4.69, 9.17) is 4.74 Å². The van der Waals surface area contributed by atoms with E-state index in [0.29, 0.717) is 36.5 Å². The van der Waals surface area contributed by atoms with Crippen LogP contribution in [0.2, 0.25) is 0 Å². The molecule has 2 unspecified atom stereocenters. The standard InChI is InChI=1S/C20H26N2O3/c1-14(2)22-13-21-10-18(22)16-7-4-3-6-15(16)12-25-20-9-5-8-19(24)17(20)11-23/h5,8-11,13-16,24H,3-4,6-7,12H2,1-2H3. The number of aromatic hydroxyl groups is 1. The van der Waals surface area contributed by atoms with Crippen LogP contribution in [-0.2, 0) is 0 Å². The molecule has 1 aromatic carbocycles. The Bertz CT molecular complexity index is 723. The van der Waals surface area contributed by atoms with Crippen molar-refractivity contribution in [1.82, 2.24) is 9.55 Å². The number of aldehydes is 1. The molecule has 1 fully saturated rings. The van der Waals surface area contributed by atoms with Crippen LogP contribution in [0.1, 0.15) is 67.5 Å². The van der Waals surface area contributed by atoms with E-state index in [2.05, 4.69) is 23.4 Å². The van der Waals surface area contributed by atoms with E-state index in [-0.39, 0.29) is 11.3 Å². The van der Waals surface area contributed by atoms with Gasteiger partial charge in [0.05, 0.1) is 18.5 Å². The third-order valence-corrected chi connectivity index (χ3v) is 5.16. The Balaban J connectivity index is 1.77. The van der Waals surface area contributed by atoms with Gasteiger partial charge in [-0.15, -0.1) is 0 Å². The molecule has 3 rings (SSSR count). The monoisotopic (exact) mass is 342 g/mol. The van der Waals surface area contributed by atoms with Gasteiger partial charge in [-0.2, -0.15) is 0 Å². The Labute approximate surface area is 148 Å². The van der Waals surface area contributed by atoms with Gasteiger partial charge in [0.15, 0.2) is 6.29 Å². The zero-order valence-corrected chi connectivity index (χ0v) is 14.9. The predicted octanol–water partition coefficient (Wildman–Crippen LogP) is 4.33. The van der Waals surface area contributed by atoms with Crippen molar-refractivity contribution < 1.29 is 14.6 Å². The summed E-state index contributed by atoms with van der Waals surface area (Å²) in [4.78, 5) is 15.6. The number of aromatic nitrogens is 2. The van der Waals surface area contributed by atoms with Crippen molar-refractivity contribution in [1.29, 1.82) is 0 Å². The number of imidazole rings is 1. The molecule has 1 aliphatic carbocycles. The zero-order valence-electron chi connectivity index (χ0n) is 14.9. The van der Waals surface area contributed by atoms with Crippen molar-refractivity contribution in [2.75, 3.05) is 6.61 Å². The topological polar surface area (TPSA) is 64.3 Å². The molecule has 2 aromatic rings. The van der Waals surface area contributed by atoms with Crippen LogP contribution in [-0.4, -0.2) is 27.6 Å². The largest absolute Gasteiger partial charge is 0.507 e. The average Bonchev–Trinajstić information content (AvgIpc) is 3.10. The second kappa shape index (κ2) is 7.72. The molecule has 1 aliphatic rings. The smallest absolute Gasteiger partial charge is 0.157 e. The van der Waals surface area contributed by atoms with Gasteiger partial charge in [0.1, 0.15) is 11.5 Å². The Kier molecular flexibility index (Phi) is 5.41. The molecule has 2 atom stereocenters. The highest BCUT2D eigenvalue weighted by Gasteiger charge is 2.30. The summed E-state index contributed by atoms with van der Waals surface area (Å²) in [7, 11) is 0. The molecule has 0 spiro atoms. The van der Waals surface area contributed by atoms with Crippen molar-refractivity contribution in [3.8, 4) is 11.5 Å². The fraction of sp³-hybridized carbons (Fsp3) is 0.500. The maximum atomic E-state index is 11.2. The minimum absolute atomic E-state index is 0.0365. The van der Waals surface area contributed by atoms with E-state index in [1.165, 1.54) is 24.6 Å². The number of benzene rings is 1. The van der Waals surface area contributed by atoms with Gasteiger partial charge < -0.3 is 14.4 Å². The summed E-state index contributed by atoms with van der Waals surface area (Å²) in [6.07, 6.45) is 9.19. The quantitative estimate of drug-likeness (QED) is 0.793. The SMILES string of the molecule is CC(C)n1cncc1C1CCCCC1COc1cccc(O)c1C=O. The lowest BCUT2D eigenvalue weighted by molar-refractivity contribution is 0.111. The molecule has 25 heavy (non-hydrogen) atoms. The van der Waals surface area contributed by atoms with Gasteiger partial charge in [0.2, 0.25) is 0 Å². The molecule has 1 aromatic heterocycles. The molecule has 0 amide bonds. The van der Waals surface area contributed by atoms with Crippen LogP contribution in [0, 0.1) is 5.92 Å². The third kappa shape index (κ3) is 3.70. The first-order chi connectivity index (χ1) is 12.1. The van der Waals surface area contributed by atoms with Crippen molar-refractivity contribution in [2.24, 2.45) is 5.92 Å². The number of phenols is 1. The second-order valence-corrected chi connectivity index (χ2v) is 7.09. The number of ether oxygens (including phenoxy) is 1. The van der Waals surface area contributed by atoms with Gasteiger partial charge in [0.25, 0.3) is 0 Å². The summed E-state index contributed by atoms with van der Waals surface area (Å²) in [5, 5.41) is 9.81. The second-order valence-electron chi connectivity index (χ2n) is 7.09. The highest BCUT2D eigenvalue weighted by atomic mass is 16.5. The number of carbonyl (C=O) groups excluding carboxylic acids is 1. The van der Waals surface area contributed by atoms with Gasteiger partial charge >= 0.3 is 0 Å². The number of nitrogens with zero attached hydrogens (tertiary/aromatic N) is 2. The summed E-state index contributed by atoms with van der Waals surface area (Å²) in [6, 6.07) is 5.32. The van der Waals surface area contributed by atoms with Crippen molar-refractivity contribution in [3.05, 3.63) is 42.0 Å². The van der Waals surface area contributed by atoms with Crippen molar-refractivity contribution in [3.63, 3.8) is 0 Å². The van der Waals surface area contributed by atoms with Crippen LogP contribution >= 0.6 is 0 Å². The molecule has 5 heteroatoms. The van der Waals surface area contributed by atoms with Crippen LogP contribution in [0.5, 0.6) is 11.5 Å². The lowest BCUT2D eigenvalue weighted by atomic mass is 9.78. The minimum Gasteiger partial charge on any atom is -0.507 e. The van der Waals surface area contributed by atoms with Crippen molar-refractivity contribution >= 4 is 6.29 Å². The Morgan fingerprint density at radius 3 is 2.92 bits per heavy atom. The van der Waals surface area contributed by atoms with Gasteiger partial charge in [-0.1, -0.05) is 18.9 Å². The Morgan fingerprint density at radius 1 is 1.36 bits per heavy atom. The summed E-state index contributed by atoms with van der Waals surface area (Å²) >= 11 is 0. The fourth-order valence-electron chi connectivity index (χ4n) is 3.80. The maximum Gasteiger partial charge on any atom is 0.157 e. The van der Waals surface area contributed by atoms with Gasteiger partial charge in [-0.3, -0.25) is 4.79 Å². The normalized spacial score (nSPS) is 20.6. The summed E-state index contributed by atoms with van der Waals surface area (Å²) in [5.41, 5.74) is 1.50. The van der Waals surface area contributed by atoms with E-state index in [1.807, 2.05) is 12.5 Å². The van der Waals surface area contributed by atoms with Crippen LogP contribution in [0.4, 0.5) is 0 Å². The van der Waals surface area contributed by atoms with Gasteiger partial charge in [-0.05, 0) is 38.8 Å². The molecule has 0 radical (unpaired) electrons. The molecule has 0 saturated heterocycles. The van der Waals surface area contributed by atoms with E-state index >= 15 is 0 Å². The number of carbonyl (C=O) groups is 1. The third-order valence-electron chi connectivity index (χ3n) is 5.16.